The number of carbonyl (C=O) groups excluding carboxylic acids is 1. The summed E-state index contributed by atoms with van der Waals surface area (Å²) in [6.07, 6.45) is 9.43. The Kier molecular flexibility index (Phi) is 7.12. The molecule has 1 aliphatic heterocycles. The predicted molar refractivity (Wildman–Crippen MR) is 112 cm³/mol. The summed E-state index contributed by atoms with van der Waals surface area (Å²) >= 11 is 0. The van der Waals surface area contributed by atoms with Crippen LogP contribution in [0.3, 0.4) is 0 Å². The number of rotatable bonds is 6. The van der Waals surface area contributed by atoms with Gasteiger partial charge in [-0.25, -0.2) is 0 Å². The molecule has 0 atom stereocenters. The van der Waals surface area contributed by atoms with Crippen molar-refractivity contribution in [1.29, 1.82) is 0 Å². The molecule has 0 bridgehead atoms. The lowest BCUT2D eigenvalue weighted by Crippen LogP contribution is -2.26. The van der Waals surface area contributed by atoms with E-state index in [4.69, 9.17) is 4.74 Å². The molecular weight excluding hydrogens is 334 g/mol. The Morgan fingerprint density at radius 3 is 2.70 bits per heavy atom. The predicted octanol–water partition coefficient (Wildman–Crippen LogP) is 5.30. The van der Waals surface area contributed by atoms with Gasteiger partial charge in [0.25, 0.3) is 0 Å². The molecule has 0 N–H and O–H groups in total. The quantitative estimate of drug-likeness (QED) is 0.637. The first-order chi connectivity index (χ1) is 13.0. The summed E-state index contributed by atoms with van der Waals surface area (Å²) in [4.78, 5) is 14.6. The molecule has 3 heteroatoms. The average molecular weight is 370 g/mol. The molecule has 0 amide bonds. The second kappa shape index (κ2) is 9.54. The van der Waals surface area contributed by atoms with Crippen molar-refractivity contribution in [2.45, 2.75) is 77.7 Å². The first kappa shape index (κ1) is 20.1. The molecule has 1 saturated carbocycles. The van der Waals surface area contributed by atoms with Crippen LogP contribution in [0.4, 0.5) is 0 Å². The Morgan fingerprint density at radius 2 is 1.96 bits per heavy atom. The van der Waals surface area contributed by atoms with E-state index in [1.165, 1.54) is 47.1 Å². The summed E-state index contributed by atoms with van der Waals surface area (Å²) in [5, 5.41) is 0. The number of hydrogen-bond donors (Lipinski definition) is 0. The Hall–Kier alpha value is -1.61. The van der Waals surface area contributed by atoms with Crippen LogP contribution in [0.1, 0.15) is 75.0 Å². The molecule has 148 valence electrons. The molecule has 0 radical (unpaired) electrons. The van der Waals surface area contributed by atoms with E-state index in [2.05, 4.69) is 44.0 Å². The van der Waals surface area contributed by atoms with Crippen LogP contribution in [0.5, 0.6) is 0 Å². The molecule has 27 heavy (non-hydrogen) atoms. The fraction of sp³-hybridized carbons (Fsp3) is 0.625. The van der Waals surface area contributed by atoms with Crippen molar-refractivity contribution in [3.8, 4) is 0 Å². The highest BCUT2D eigenvalue weighted by molar-refractivity contribution is 5.73. The van der Waals surface area contributed by atoms with Crippen LogP contribution in [-0.2, 0) is 16.0 Å². The van der Waals surface area contributed by atoms with Gasteiger partial charge in [0, 0.05) is 19.5 Å². The molecule has 1 aromatic rings. The number of likely N-dealkylation sites (N-methyl/N-ethyl adjacent to an activating group) is 1. The van der Waals surface area contributed by atoms with Gasteiger partial charge in [0.2, 0.25) is 0 Å². The van der Waals surface area contributed by atoms with Crippen molar-refractivity contribution in [3.63, 3.8) is 0 Å². The summed E-state index contributed by atoms with van der Waals surface area (Å²) in [7, 11) is 2.19. The number of benzene rings is 1. The first-order valence-electron chi connectivity index (χ1n) is 10.7. The molecule has 0 saturated heterocycles. The van der Waals surface area contributed by atoms with E-state index in [1.807, 2.05) is 0 Å². The number of aryl methyl sites for hydroxylation is 2. The van der Waals surface area contributed by atoms with Gasteiger partial charge >= 0.3 is 5.97 Å². The van der Waals surface area contributed by atoms with Gasteiger partial charge in [0.15, 0.2) is 0 Å². The van der Waals surface area contributed by atoms with Gasteiger partial charge in [-0.2, -0.15) is 0 Å². The minimum atomic E-state index is -0.00903. The van der Waals surface area contributed by atoms with Crippen LogP contribution in [0.2, 0.25) is 0 Å². The molecule has 1 aromatic carbocycles. The summed E-state index contributed by atoms with van der Waals surface area (Å²) in [6, 6.07) is 6.79. The van der Waals surface area contributed by atoms with Crippen molar-refractivity contribution in [2.24, 2.45) is 0 Å². The highest BCUT2D eigenvalue weighted by atomic mass is 16.5. The Balaban J connectivity index is 1.60. The Bertz CT molecular complexity index is 686. The lowest BCUT2D eigenvalue weighted by molar-refractivity contribution is -0.150. The Labute approximate surface area is 164 Å². The largest absolute Gasteiger partial charge is 0.462 e. The summed E-state index contributed by atoms with van der Waals surface area (Å²) in [5.74, 6) is -0.00903. The fourth-order valence-corrected chi connectivity index (χ4v) is 4.50. The third-order valence-electron chi connectivity index (χ3n) is 6.03. The van der Waals surface area contributed by atoms with Crippen LogP contribution in [0.15, 0.2) is 23.8 Å². The molecule has 0 unspecified atom stereocenters. The van der Waals surface area contributed by atoms with Gasteiger partial charge in [-0.05, 0) is 82.5 Å². The summed E-state index contributed by atoms with van der Waals surface area (Å²) in [5.41, 5.74) is 7.08. The van der Waals surface area contributed by atoms with Crippen molar-refractivity contribution < 1.29 is 9.53 Å². The zero-order valence-electron chi connectivity index (χ0n) is 17.4. The van der Waals surface area contributed by atoms with E-state index >= 15 is 0 Å². The second-order valence-electron chi connectivity index (χ2n) is 8.51. The maximum absolute atomic E-state index is 12.2. The number of esters is 1. The van der Waals surface area contributed by atoms with Crippen LogP contribution in [0, 0.1) is 6.92 Å². The van der Waals surface area contributed by atoms with Gasteiger partial charge in [-0.15, -0.1) is 0 Å². The number of ether oxygens (including phenoxy) is 1. The molecule has 0 spiro atoms. The van der Waals surface area contributed by atoms with E-state index in [0.29, 0.717) is 6.42 Å². The number of nitrogens with zero attached hydrogens (tertiary/aromatic N) is 1. The Morgan fingerprint density at radius 1 is 1.19 bits per heavy atom. The molecule has 2 aliphatic rings. The minimum Gasteiger partial charge on any atom is -0.462 e. The van der Waals surface area contributed by atoms with Crippen LogP contribution in [-0.4, -0.2) is 37.1 Å². The molecule has 3 nitrogen and oxygen atoms in total. The van der Waals surface area contributed by atoms with E-state index in [-0.39, 0.29) is 12.1 Å². The van der Waals surface area contributed by atoms with E-state index in [1.54, 1.807) is 0 Å². The smallest absolute Gasteiger partial charge is 0.306 e. The maximum Gasteiger partial charge on any atom is 0.306 e. The monoisotopic (exact) mass is 369 g/mol. The van der Waals surface area contributed by atoms with Crippen molar-refractivity contribution in [2.75, 3.05) is 20.1 Å². The SMILES string of the molecule is CC1=C(c2cc(C)ccc2CCCC(=O)OC2CCCCC2)CCN(C)C1. The van der Waals surface area contributed by atoms with E-state index in [9.17, 15) is 4.79 Å². The highest BCUT2D eigenvalue weighted by Crippen LogP contribution is 2.31. The molecule has 1 heterocycles. The van der Waals surface area contributed by atoms with Gasteiger partial charge < -0.3 is 9.64 Å². The third kappa shape index (κ3) is 5.68. The normalized spacial score (nSPS) is 19.4. The summed E-state index contributed by atoms with van der Waals surface area (Å²) in [6.45, 7) is 6.60. The van der Waals surface area contributed by atoms with Gasteiger partial charge in [-0.3, -0.25) is 4.79 Å². The van der Waals surface area contributed by atoms with Gasteiger partial charge in [0.05, 0.1) is 0 Å². The highest BCUT2D eigenvalue weighted by Gasteiger charge is 2.19. The second-order valence-corrected chi connectivity index (χ2v) is 8.51. The fourth-order valence-electron chi connectivity index (χ4n) is 4.50. The summed E-state index contributed by atoms with van der Waals surface area (Å²) < 4.78 is 5.67. The number of hydrogen-bond acceptors (Lipinski definition) is 3. The van der Waals surface area contributed by atoms with E-state index < -0.39 is 0 Å². The van der Waals surface area contributed by atoms with Crippen molar-refractivity contribution in [3.05, 3.63) is 40.5 Å². The molecule has 1 fully saturated rings. The van der Waals surface area contributed by atoms with Crippen molar-refractivity contribution in [1.82, 2.24) is 4.90 Å². The van der Waals surface area contributed by atoms with Gasteiger partial charge in [0.1, 0.15) is 6.10 Å². The zero-order chi connectivity index (χ0) is 19.2. The van der Waals surface area contributed by atoms with E-state index in [0.717, 1.165) is 45.2 Å². The van der Waals surface area contributed by atoms with Crippen LogP contribution < -0.4 is 0 Å². The minimum absolute atomic E-state index is 0.00903. The molecular formula is C24H35NO2. The molecule has 0 aromatic heterocycles. The average Bonchev–Trinajstić information content (AvgIpc) is 2.64. The van der Waals surface area contributed by atoms with Gasteiger partial charge in [-0.1, -0.05) is 35.8 Å². The first-order valence-corrected chi connectivity index (χ1v) is 10.7. The topological polar surface area (TPSA) is 29.5 Å². The van der Waals surface area contributed by atoms with Crippen LogP contribution >= 0.6 is 0 Å². The standard InChI is InChI=1S/C24H35NO2/c1-18-12-13-20(23(16-18)22-14-15-25(3)17-19(22)2)8-7-11-24(26)27-21-9-5-4-6-10-21/h12-13,16,21H,4-11,14-15,17H2,1-3H3. The molecule has 1 aliphatic carbocycles. The molecule has 3 rings (SSSR count). The zero-order valence-corrected chi connectivity index (χ0v) is 17.4. The third-order valence-corrected chi connectivity index (χ3v) is 6.03. The lowest BCUT2D eigenvalue weighted by Gasteiger charge is -2.27. The van der Waals surface area contributed by atoms with Crippen LogP contribution in [0.25, 0.3) is 5.57 Å². The number of carbonyl (C=O) groups is 1. The maximum atomic E-state index is 12.2. The lowest BCUT2D eigenvalue weighted by atomic mass is 9.88. The van der Waals surface area contributed by atoms with Crippen molar-refractivity contribution >= 4 is 11.5 Å².